The van der Waals surface area contributed by atoms with Crippen molar-refractivity contribution in [3.63, 3.8) is 0 Å². The van der Waals surface area contributed by atoms with Crippen LogP contribution in [0.3, 0.4) is 0 Å². The summed E-state index contributed by atoms with van der Waals surface area (Å²) < 4.78 is 0. The molecule has 0 unspecified atom stereocenters. The molecule has 0 aliphatic rings. The van der Waals surface area contributed by atoms with Crippen molar-refractivity contribution in [2.24, 2.45) is 0 Å². The van der Waals surface area contributed by atoms with Gasteiger partial charge >= 0.3 is 21.7 Å². The summed E-state index contributed by atoms with van der Waals surface area (Å²) in [6.45, 7) is 14.0. The van der Waals surface area contributed by atoms with Gasteiger partial charge in [-0.1, -0.05) is 47.7 Å². The van der Waals surface area contributed by atoms with Crippen molar-refractivity contribution in [3.05, 3.63) is 72.8 Å². The number of halogens is 2. The molecule has 0 bridgehead atoms. The minimum atomic E-state index is -0.0206. The molecule has 31 heavy (non-hydrogen) atoms. The van der Waals surface area contributed by atoms with Crippen LogP contribution in [0.15, 0.2) is 72.8 Å². The maximum absolute atomic E-state index is 2.39. The summed E-state index contributed by atoms with van der Waals surface area (Å²) in [5.41, 5.74) is 1.54. The van der Waals surface area contributed by atoms with Gasteiger partial charge in [-0.15, -0.1) is 88.6 Å². The summed E-state index contributed by atoms with van der Waals surface area (Å²) >= 11 is 0. The van der Waals surface area contributed by atoms with E-state index in [1.54, 1.807) is 5.30 Å². The van der Waals surface area contributed by atoms with Crippen molar-refractivity contribution in [1.82, 2.24) is 0 Å². The average molecular weight is 525 g/mol. The van der Waals surface area contributed by atoms with E-state index in [0.29, 0.717) is 0 Å². The Labute approximate surface area is 218 Å². The van der Waals surface area contributed by atoms with Gasteiger partial charge in [0.2, 0.25) is 0 Å². The van der Waals surface area contributed by atoms with Gasteiger partial charge < -0.3 is 24.8 Å². The first-order valence-corrected chi connectivity index (χ1v) is 13.8. The topological polar surface area (TPSA) is 0 Å². The smallest absolute Gasteiger partial charge is 1.00 e. The van der Waals surface area contributed by atoms with E-state index in [2.05, 4.69) is 114 Å². The molecule has 0 aliphatic carbocycles. The van der Waals surface area contributed by atoms with Crippen LogP contribution in [-0.2, 0) is 21.7 Å². The molecule has 0 aliphatic heterocycles. The number of hydrogen-bond donors (Lipinski definition) is 0. The third-order valence-electron chi connectivity index (χ3n) is 5.13. The molecule has 0 N–H and O–H groups in total. The van der Waals surface area contributed by atoms with Crippen molar-refractivity contribution in [2.45, 2.75) is 39.0 Å². The van der Waals surface area contributed by atoms with Crippen molar-refractivity contribution in [3.8, 4) is 0 Å². The minimum Gasteiger partial charge on any atom is -1.00 e. The van der Waals surface area contributed by atoms with E-state index < -0.39 is 0 Å². The van der Waals surface area contributed by atoms with Crippen LogP contribution in [0.1, 0.15) is 27.7 Å². The maximum atomic E-state index is 2.39. The summed E-state index contributed by atoms with van der Waals surface area (Å²) in [6.07, 6.45) is 0. The first kappa shape index (κ1) is 30.8. The molecule has 4 aromatic rings. The van der Waals surface area contributed by atoms with Crippen LogP contribution in [0, 0.1) is 0 Å². The fourth-order valence-corrected chi connectivity index (χ4v) is 7.62. The zero-order chi connectivity index (χ0) is 20.3. The summed E-state index contributed by atoms with van der Waals surface area (Å²) in [6, 6.07) is 26.6. The van der Waals surface area contributed by atoms with Gasteiger partial charge in [-0.3, -0.25) is 0 Å². The molecular weight excluding hydrogens is 493 g/mol. The molecule has 0 saturated heterocycles. The monoisotopic (exact) mass is 524 g/mol. The van der Waals surface area contributed by atoms with E-state index >= 15 is 0 Å². The fraction of sp³-hybridized carbons (Fsp3) is 0.308. The van der Waals surface area contributed by atoms with Gasteiger partial charge in [0, 0.05) is 0 Å². The van der Waals surface area contributed by atoms with Gasteiger partial charge in [0.05, 0.1) is 0 Å². The summed E-state index contributed by atoms with van der Waals surface area (Å²) in [5.74, 6) is 0. The predicted octanol–water partition coefficient (Wildman–Crippen LogP) is 1.41. The molecule has 0 atom stereocenters. The number of fused-ring (bicyclic) bond motifs is 2. The van der Waals surface area contributed by atoms with Crippen LogP contribution in [0.5, 0.6) is 0 Å². The van der Waals surface area contributed by atoms with Crippen LogP contribution in [-0.4, -0.2) is 24.6 Å². The molecule has 0 fully saturated rings. The molecule has 4 aromatic carbocycles. The van der Waals surface area contributed by atoms with Crippen LogP contribution < -0.4 is 35.4 Å². The first-order chi connectivity index (χ1) is 13.4. The zero-order valence-corrected chi connectivity index (χ0v) is 24.1. The Bertz CT molecular complexity index is 960. The summed E-state index contributed by atoms with van der Waals surface area (Å²) in [7, 11) is 0.0370. The van der Waals surface area contributed by atoms with E-state index in [4.69, 9.17) is 0 Å². The number of hydrogen-bond acceptors (Lipinski definition) is 0. The third-order valence-corrected chi connectivity index (χ3v) is 9.50. The number of benzene rings is 2. The molecule has 0 amide bonds. The molecule has 0 nitrogen and oxygen atoms in total. The van der Waals surface area contributed by atoms with Crippen molar-refractivity contribution in [2.75, 3.05) is 13.3 Å². The first-order valence-electron chi connectivity index (χ1n) is 10.1. The van der Waals surface area contributed by atoms with Crippen molar-refractivity contribution in [1.29, 1.82) is 0 Å². The van der Waals surface area contributed by atoms with Gasteiger partial charge in [-0.05, 0) is 24.6 Å². The third kappa shape index (κ3) is 7.96. The Hall–Kier alpha value is -0.186. The van der Waals surface area contributed by atoms with Gasteiger partial charge in [-0.2, -0.15) is 12.1 Å². The molecule has 0 heterocycles. The Balaban J connectivity index is 0.000000545. The van der Waals surface area contributed by atoms with Gasteiger partial charge in [0.25, 0.3) is 0 Å². The van der Waals surface area contributed by atoms with E-state index in [-0.39, 0.29) is 62.4 Å². The van der Waals surface area contributed by atoms with E-state index in [9.17, 15) is 0 Å². The largest absolute Gasteiger partial charge is 4.00 e. The SMILES string of the molecule is CC(C)P(c1cc2ccccc2[cH-]1)C(C)C.CP(C)c1cc2ccccc2[cH-]1.[Cl-].[Cl-].[Ti+4]. The Kier molecular flexibility index (Phi) is 14.1. The van der Waals surface area contributed by atoms with Gasteiger partial charge in [0.1, 0.15) is 0 Å². The minimum absolute atomic E-state index is 0. The normalized spacial score (nSPS) is 10.6. The quantitative estimate of drug-likeness (QED) is 0.215. The maximum Gasteiger partial charge on any atom is 4.00 e. The average Bonchev–Trinajstić information content (AvgIpc) is 3.25. The second-order valence-electron chi connectivity index (χ2n) is 8.17. The summed E-state index contributed by atoms with van der Waals surface area (Å²) in [5, 5.41) is 8.62. The molecule has 0 aromatic heterocycles. The van der Waals surface area contributed by atoms with Crippen LogP contribution in [0.25, 0.3) is 21.5 Å². The fourth-order valence-electron chi connectivity index (χ4n) is 3.87. The molecule has 0 radical (unpaired) electrons. The Morgan fingerprint density at radius 3 is 1.42 bits per heavy atom. The van der Waals surface area contributed by atoms with Crippen LogP contribution >= 0.6 is 15.8 Å². The second kappa shape index (κ2) is 14.2. The Morgan fingerprint density at radius 1 is 0.645 bits per heavy atom. The van der Waals surface area contributed by atoms with E-state index in [0.717, 1.165) is 11.3 Å². The molecule has 0 spiro atoms. The molecule has 164 valence electrons. The molecular formula is C26H32Cl2P2Ti. The molecule has 5 heteroatoms. The second-order valence-corrected chi connectivity index (χ2v) is 13.9. The standard InChI is InChI=1S/C15H20P.C11H12P.2ClH.Ti/c1-11(2)16(12(3)4)15-9-13-7-5-6-8-14(13)10-15;1-12(2)11-7-9-5-3-4-6-10(9)8-11;;;/h5-12H,1-4H3;3-8H,1-2H3;2*1H;/q2*-1;;;+4/p-2. The zero-order valence-electron chi connectivity index (χ0n) is 19.2. The van der Waals surface area contributed by atoms with Crippen LogP contribution in [0.4, 0.5) is 0 Å². The van der Waals surface area contributed by atoms with Crippen LogP contribution in [0.2, 0.25) is 0 Å². The van der Waals surface area contributed by atoms with E-state index in [1.807, 2.05) is 0 Å². The van der Waals surface area contributed by atoms with Crippen molar-refractivity contribution >= 4 is 48.0 Å². The van der Waals surface area contributed by atoms with Gasteiger partial charge in [-0.25, -0.2) is 0 Å². The molecule has 4 rings (SSSR count). The Morgan fingerprint density at radius 2 is 1.03 bits per heavy atom. The van der Waals surface area contributed by atoms with E-state index in [1.165, 1.54) is 26.8 Å². The van der Waals surface area contributed by atoms with Crippen molar-refractivity contribution < 1.29 is 46.5 Å². The predicted molar refractivity (Wildman–Crippen MR) is 134 cm³/mol. The number of rotatable bonds is 4. The molecule has 0 saturated carbocycles. The van der Waals surface area contributed by atoms with Gasteiger partial charge in [0.15, 0.2) is 0 Å². The summed E-state index contributed by atoms with van der Waals surface area (Å²) in [4.78, 5) is 0.